The van der Waals surface area contributed by atoms with Crippen LogP contribution in [0.25, 0.3) is 0 Å². The zero-order chi connectivity index (χ0) is 14.9. The lowest BCUT2D eigenvalue weighted by Crippen LogP contribution is -2.32. The minimum Gasteiger partial charge on any atom is -0.446 e. The van der Waals surface area contributed by atoms with E-state index < -0.39 is 39.3 Å². The lowest BCUT2D eigenvalue weighted by Gasteiger charge is -2.18. The maximum atomic E-state index is 11.3. The van der Waals surface area contributed by atoms with Gasteiger partial charge in [0.1, 0.15) is 6.61 Å². The molecule has 0 aromatic rings. The fraction of sp³-hybridized carbons (Fsp3) is 0.714. The topological polar surface area (TPSA) is 186 Å². The van der Waals surface area contributed by atoms with E-state index in [1.807, 2.05) is 0 Å². The number of nitrogens with two attached hydrogens (primary N) is 3. The summed E-state index contributed by atoms with van der Waals surface area (Å²) >= 11 is 0. The molecule has 12 heteroatoms. The SMILES string of the molecule is NCCOP(=O)(O)OCC(COC(N)=O)OC(N)=O. The van der Waals surface area contributed by atoms with Gasteiger partial charge < -0.3 is 31.6 Å². The van der Waals surface area contributed by atoms with Crippen molar-refractivity contribution in [3.63, 3.8) is 0 Å². The summed E-state index contributed by atoms with van der Waals surface area (Å²) in [5.41, 5.74) is 14.5. The molecule has 0 spiro atoms. The molecular formula is C7H16N3O8P. The summed E-state index contributed by atoms with van der Waals surface area (Å²) in [5, 5.41) is 0. The van der Waals surface area contributed by atoms with E-state index in [-0.39, 0.29) is 13.2 Å². The van der Waals surface area contributed by atoms with Crippen LogP contribution in [0.4, 0.5) is 9.59 Å². The molecule has 0 saturated carbocycles. The Morgan fingerprint density at radius 2 is 1.79 bits per heavy atom. The number of carbonyl (C=O) groups excluding carboxylic acids is 2. The molecule has 2 atom stereocenters. The van der Waals surface area contributed by atoms with Gasteiger partial charge in [0, 0.05) is 6.54 Å². The Morgan fingerprint density at radius 1 is 1.16 bits per heavy atom. The molecule has 7 N–H and O–H groups in total. The molecule has 0 aliphatic carbocycles. The Balaban J connectivity index is 4.26. The number of rotatable bonds is 9. The largest absolute Gasteiger partial charge is 0.472 e. The van der Waals surface area contributed by atoms with Gasteiger partial charge in [0.05, 0.1) is 13.2 Å². The molecule has 0 aliphatic rings. The van der Waals surface area contributed by atoms with Gasteiger partial charge in [0.25, 0.3) is 0 Å². The fourth-order valence-corrected chi connectivity index (χ4v) is 1.60. The highest BCUT2D eigenvalue weighted by Crippen LogP contribution is 2.42. The molecule has 112 valence electrons. The number of phosphoric acid groups is 1. The third-order valence-electron chi connectivity index (χ3n) is 1.49. The van der Waals surface area contributed by atoms with E-state index in [2.05, 4.69) is 18.5 Å². The zero-order valence-corrected chi connectivity index (χ0v) is 10.8. The molecule has 0 rings (SSSR count). The van der Waals surface area contributed by atoms with Crippen molar-refractivity contribution in [3.05, 3.63) is 0 Å². The van der Waals surface area contributed by atoms with Gasteiger partial charge in [-0.15, -0.1) is 0 Å². The highest BCUT2D eigenvalue weighted by atomic mass is 31.2. The summed E-state index contributed by atoms with van der Waals surface area (Å²) < 4.78 is 29.0. The van der Waals surface area contributed by atoms with Crippen molar-refractivity contribution in [3.8, 4) is 0 Å². The van der Waals surface area contributed by atoms with Crippen LogP contribution in [0.2, 0.25) is 0 Å². The van der Waals surface area contributed by atoms with E-state index in [0.717, 1.165) is 0 Å². The van der Waals surface area contributed by atoms with Gasteiger partial charge in [-0.3, -0.25) is 9.05 Å². The average molecular weight is 301 g/mol. The summed E-state index contributed by atoms with van der Waals surface area (Å²) in [4.78, 5) is 30.1. The zero-order valence-electron chi connectivity index (χ0n) is 9.89. The number of hydrogen-bond donors (Lipinski definition) is 4. The number of amides is 2. The van der Waals surface area contributed by atoms with E-state index in [1.54, 1.807) is 0 Å². The molecule has 0 saturated heterocycles. The third-order valence-corrected chi connectivity index (χ3v) is 2.47. The Hall–Kier alpha value is -1.39. The Kier molecular flexibility index (Phi) is 8.03. The van der Waals surface area contributed by atoms with Gasteiger partial charge in [-0.25, -0.2) is 14.2 Å². The quantitative estimate of drug-likeness (QED) is 0.373. The van der Waals surface area contributed by atoms with Gasteiger partial charge in [-0.05, 0) is 0 Å². The van der Waals surface area contributed by atoms with Crippen molar-refractivity contribution in [1.29, 1.82) is 0 Å². The number of hydrogen-bond acceptors (Lipinski definition) is 8. The van der Waals surface area contributed by atoms with Gasteiger partial charge >= 0.3 is 20.0 Å². The molecule has 2 unspecified atom stereocenters. The van der Waals surface area contributed by atoms with Crippen molar-refractivity contribution in [1.82, 2.24) is 0 Å². The normalized spacial score (nSPS) is 15.3. The van der Waals surface area contributed by atoms with Crippen LogP contribution in [-0.4, -0.2) is 49.5 Å². The van der Waals surface area contributed by atoms with Gasteiger partial charge in [0.2, 0.25) is 0 Å². The summed E-state index contributed by atoms with van der Waals surface area (Å²) in [6.45, 7) is -1.27. The van der Waals surface area contributed by atoms with Crippen LogP contribution in [0, 0.1) is 0 Å². The van der Waals surface area contributed by atoms with Crippen molar-refractivity contribution in [2.75, 3.05) is 26.4 Å². The lowest BCUT2D eigenvalue weighted by atomic mass is 10.4. The molecule has 0 aromatic carbocycles. The number of ether oxygens (including phenoxy) is 2. The fourth-order valence-electron chi connectivity index (χ4n) is 0.838. The van der Waals surface area contributed by atoms with Gasteiger partial charge in [-0.1, -0.05) is 0 Å². The van der Waals surface area contributed by atoms with Crippen LogP contribution in [0.15, 0.2) is 0 Å². The first-order chi connectivity index (χ1) is 8.76. The average Bonchev–Trinajstić information content (AvgIpc) is 2.29. The molecule has 11 nitrogen and oxygen atoms in total. The molecule has 2 amide bonds. The molecule has 0 aliphatic heterocycles. The molecule has 0 fully saturated rings. The minimum atomic E-state index is -4.34. The van der Waals surface area contributed by atoms with Crippen LogP contribution < -0.4 is 17.2 Å². The third kappa shape index (κ3) is 10.2. The van der Waals surface area contributed by atoms with Crippen molar-refractivity contribution >= 4 is 20.0 Å². The molecule has 0 heterocycles. The molecule has 0 bridgehead atoms. The van der Waals surface area contributed by atoms with Crippen LogP contribution in [0.3, 0.4) is 0 Å². The smallest absolute Gasteiger partial charge is 0.446 e. The maximum Gasteiger partial charge on any atom is 0.472 e. The summed E-state index contributed by atoms with van der Waals surface area (Å²) in [6, 6.07) is 0. The van der Waals surface area contributed by atoms with Crippen molar-refractivity contribution < 1.29 is 37.6 Å². The molecular weight excluding hydrogens is 285 g/mol. The van der Waals surface area contributed by atoms with Crippen LogP contribution in [0.5, 0.6) is 0 Å². The Morgan fingerprint density at radius 3 is 2.26 bits per heavy atom. The van der Waals surface area contributed by atoms with Gasteiger partial charge in [-0.2, -0.15) is 0 Å². The predicted octanol–water partition coefficient (Wildman–Crippen LogP) is -1.36. The van der Waals surface area contributed by atoms with E-state index in [0.29, 0.717) is 0 Å². The summed E-state index contributed by atoms with van der Waals surface area (Å²) in [5.74, 6) is 0. The lowest BCUT2D eigenvalue weighted by molar-refractivity contribution is 0.0157. The monoisotopic (exact) mass is 301 g/mol. The molecule has 19 heavy (non-hydrogen) atoms. The number of primary amides is 2. The van der Waals surface area contributed by atoms with Crippen LogP contribution >= 0.6 is 7.82 Å². The Bertz CT molecular complexity index is 351. The van der Waals surface area contributed by atoms with E-state index >= 15 is 0 Å². The van der Waals surface area contributed by atoms with E-state index in [1.165, 1.54) is 0 Å². The van der Waals surface area contributed by atoms with E-state index in [4.69, 9.17) is 22.1 Å². The standard InChI is InChI=1S/C7H16N3O8P/c8-1-2-16-19(13,14)17-4-5(18-7(10)12)3-15-6(9)11/h5H,1-4,8H2,(H2,9,11)(H2,10,12)(H,13,14). The highest BCUT2D eigenvalue weighted by Gasteiger charge is 2.25. The van der Waals surface area contributed by atoms with Crippen LogP contribution in [-0.2, 0) is 23.1 Å². The van der Waals surface area contributed by atoms with Crippen molar-refractivity contribution in [2.24, 2.45) is 17.2 Å². The number of phosphoric ester groups is 1. The highest BCUT2D eigenvalue weighted by molar-refractivity contribution is 7.47. The second kappa shape index (κ2) is 8.67. The first-order valence-electron chi connectivity index (χ1n) is 4.97. The number of carbonyl (C=O) groups is 2. The summed E-state index contributed by atoms with van der Waals surface area (Å²) in [6.07, 6.45) is -3.51. The maximum absolute atomic E-state index is 11.3. The molecule has 0 aromatic heterocycles. The molecule has 0 radical (unpaired) electrons. The van der Waals surface area contributed by atoms with E-state index in [9.17, 15) is 14.2 Å². The first-order valence-corrected chi connectivity index (χ1v) is 6.46. The van der Waals surface area contributed by atoms with Gasteiger partial charge in [0.15, 0.2) is 6.10 Å². The minimum absolute atomic E-state index is 0.0138. The predicted molar refractivity (Wildman–Crippen MR) is 60.8 cm³/mol. The van der Waals surface area contributed by atoms with Crippen molar-refractivity contribution in [2.45, 2.75) is 6.10 Å². The summed E-state index contributed by atoms with van der Waals surface area (Å²) in [7, 11) is -4.34. The first kappa shape index (κ1) is 17.6. The second-order valence-corrected chi connectivity index (χ2v) is 4.53. The Labute approximate surface area is 108 Å². The second-order valence-electron chi connectivity index (χ2n) is 3.08. The van der Waals surface area contributed by atoms with Crippen LogP contribution in [0.1, 0.15) is 0 Å².